The fourth-order valence-electron chi connectivity index (χ4n) is 1.91. The zero-order valence-corrected chi connectivity index (χ0v) is 12.6. The number of nitrogens with zero attached hydrogens (tertiary/aromatic N) is 1. The van der Waals surface area contributed by atoms with Crippen molar-refractivity contribution in [2.75, 3.05) is 0 Å². The molecule has 2 N–H and O–H groups in total. The first kappa shape index (κ1) is 14.5. The quantitative estimate of drug-likeness (QED) is 0.909. The minimum absolute atomic E-state index is 0.0266. The molecule has 0 saturated heterocycles. The van der Waals surface area contributed by atoms with E-state index < -0.39 is 0 Å². The van der Waals surface area contributed by atoms with Gasteiger partial charge in [-0.2, -0.15) is 0 Å². The van der Waals surface area contributed by atoms with Crippen LogP contribution in [0.1, 0.15) is 44.9 Å². The van der Waals surface area contributed by atoms with Crippen LogP contribution in [-0.2, 0) is 5.41 Å². The van der Waals surface area contributed by atoms with E-state index in [-0.39, 0.29) is 11.5 Å². The fraction of sp³-hybridized carbons (Fsp3) is 0.353. The normalized spacial score (nSPS) is 13.1. The molecule has 0 saturated carbocycles. The minimum Gasteiger partial charge on any atom is -0.439 e. The predicted molar refractivity (Wildman–Crippen MR) is 82.1 cm³/mol. The van der Waals surface area contributed by atoms with Gasteiger partial charge in [-0.1, -0.05) is 32.9 Å². The summed E-state index contributed by atoms with van der Waals surface area (Å²) >= 11 is 0. The molecule has 0 spiro atoms. The molecule has 1 aromatic carbocycles. The first-order valence-electron chi connectivity index (χ1n) is 6.86. The van der Waals surface area contributed by atoms with Gasteiger partial charge in [-0.25, -0.2) is 4.98 Å². The lowest BCUT2D eigenvalue weighted by molar-refractivity contribution is 0.458. The summed E-state index contributed by atoms with van der Waals surface area (Å²) in [7, 11) is 0. The van der Waals surface area contributed by atoms with Crippen LogP contribution in [0, 0.1) is 0 Å². The van der Waals surface area contributed by atoms with Crippen LogP contribution in [0.25, 0.3) is 0 Å². The standard InChI is InChI=1S/C17H22N2O/c1-12(18)13-8-9-19-16(10-13)20-15-7-5-6-14(11-15)17(2,3)4/h5-12H,18H2,1-4H3/t12-/m1/s1. The number of pyridine rings is 1. The molecular formula is C17H22N2O. The van der Waals surface area contributed by atoms with E-state index in [2.05, 4.69) is 37.9 Å². The zero-order valence-electron chi connectivity index (χ0n) is 12.6. The van der Waals surface area contributed by atoms with Gasteiger partial charge in [-0.05, 0) is 41.7 Å². The largest absolute Gasteiger partial charge is 0.439 e. The topological polar surface area (TPSA) is 48.1 Å². The molecule has 0 fully saturated rings. The molecule has 0 bridgehead atoms. The summed E-state index contributed by atoms with van der Waals surface area (Å²) in [6.07, 6.45) is 1.72. The van der Waals surface area contributed by atoms with E-state index in [0.29, 0.717) is 5.88 Å². The highest BCUT2D eigenvalue weighted by Crippen LogP contribution is 2.28. The molecule has 2 rings (SSSR count). The molecule has 3 nitrogen and oxygen atoms in total. The van der Waals surface area contributed by atoms with Gasteiger partial charge in [0, 0.05) is 18.3 Å². The molecule has 1 heterocycles. The summed E-state index contributed by atoms with van der Waals surface area (Å²) in [5, 5.41) is 0. The Balaban J connectivity index is 2.24. The van der Waals surface area contributed by atoms with Gasteiger partial charge in [0.05, 0.1) is 0 Å². The van der Waals surface area contributed by atoms with Gasteiger partial charge in [0.1, 0.15) is 5.75 Å². The van der Waals surface area contributed by atoms with Crippen molar-refractivity contribution in [1.29, 1.82) is 0 Å². The summed E-state index contributed by atoms with van der Waals surface area (Å²) < 4.78 is 5.84. The van der Waals surface area contributed by atoms with Crippen molar-refractivity contribution in [2.24, 2.45) is 5.73 Å². The highest BCUT2D eigenvalue weighted by atomic mass is 16.5. The second kappa shape index (κ2) is 5.63. The number of aromatic nitrogens is 1. The van der Waals surface area contributed by atoms with Crippen molar-refractivity contribution in [2.45, 2.75) is 39.2 Å². The van der Waals surface area contributed by atoms with E-state index in [4.69, 9.17) is 10.5 Å². The minimum atomic E-state index is -0.0266. The third-order valence-electron chi connectivity index (χ3n) is 3.21. The molecule has 0 aliphatic carbocycles. The smallest absolute Gasteiger partial charge is 0.219 e. The second-order valence-electron chi connectivity index (χ2n) is 6.10. The Morgan fingerprint density at radius 2 is 1.90 bits per heavy atom. The number of ether oxygens (including phenoxy) is 1. The summed E-state index contributed by atoms with van der Waals surface area (Å²) in [5.41, 5.74) is 8.22. The van der Waals surface area contributed by atoms with Gasteiger partial charge in [0.2, 0.25) is 5.88 Å². The number of hydrogen-bond acceptors (Lipinski definition) is 3. The van der Waals surface area contributed by atoms with Crippen LogP contribution >= 0.6 is 0 Å². The van der Waals surface area contributed by atoms with Crippen molar-refractivity contribution in [3.8, 4) is 11.6 Å². The van der Waals surface area contributed by atoms with Gasteiger partial charge in [0.15, 0.2) is 0 Å². The maximum atomic E-state index is 5.87. The molecule has 0 aliphatic rings. The number of nitrogens with two attached hydrogens (primary N) is 1. The Morgan fingerprint density at radius 1 is 1.15 bits per heavy atom. The van der Waals surface area contributed by atoms with E-state index >= 15 is 0 Å². The molecule has 0 aliphatic heterocycles. The Labute approximate surface area is 120 Å². The van der Waals surface area contributed by atoms with Gasteiger partial charge in [0.25, 0.3) is 0 Å². The van der Waals surface area contributed by atoms with Crippen molar-refractivity contribution < 1.29 is 4.74 Å². The SMILES string of the molecule is C[C@@H](N)c1ccnc(Oc2cccc(C(C)(C)C)c2)c1. The lowest BCUT2D eigenvalue weighted by atomic mass is 9.87. The van der Waals surface area contributed by atoms with Crippen molar-refractivity contribution >= 4 is 0 Å². The van der Waals surface area contributed by atoms with Crippen LogP contribution in [0.5, 0.6) is 11.6 Å². The van der Waals surface area contributed by atoms with Crippen LogP contribution in [-0.4, -0.2) is 4.98 Å². The molecule has 106 valence electrons. The summed E-state index contributed by atoms with van der Waals surface area (Å²) in [5.74, 6) is 1.37. The lowest BCUT2D eigenvalue weighted by Crippen LogP contribution is -2.10. The number of rotatable bonds is 3. The fourth-order valence-corrected chi connectivity index (χ4v) is 1.91. The third-order valence-corrected chi connectivity index (χ3v) is 3.21. The number of hydrogen-bond donors (Lipinski definition) is 1. The highest BCUT2D eigenvalue weighted by molar-refractivity contribution is 5.35. The van der Waals surface area contributed by atoms with E-state index in [1.54, 1.807) is 6.20 Å². The zero-order chi connectivity index (χ0) is 14.8. The molecule has 1 atom stereocenters. The third kappa shape index (κ3) is 3.58. The molecular weight excluding hydrogens is 248 g/mol. The summed E-state index contributed by atoms with van der Waals surface area (Å²) in [6, 6.07) is 11.9. The van der Waals surface area contributed by atoms with Gasteiger partial charge in [-0.15, -0.1) is 0 Å². The molecule has 1 aromatic heterocycles. The summed E-state index contributed by atoms with van der Waals surface area (Å²) in [4.78, 5) is 4.23. The van der Waals surface area contributed by atoms with E-state index in [9.17, 15) is 0 Å². The molecule has 0 amide bonds. The van der Waals surface area contributed by atoms with Crippen LogP contribution in [0.15, 0.2) is 42.6 Å². The molecule has 0 radical (unpaired) electrons. The Kier molecular flexibility index (Phi) is 4.09. The highest BCUT2D eigenvalue weighted by Gasteiger charge is 2.14. The van der Waals surface area contributed by atoms with Gasteiger partial charge >= 0.3 is 0 Å². The predicted octanol–water partition coefficient (Wildman–Crippen LogP) is 4.19. The number of benzene rings is 1. The van der Waals surface area contributed by atoms with Crippen LogP contribution in [0.4, 0.5) is 0 Å². The Bertz CT molecular complexity index is 586. The molecule has 2 aromatic rings. The van der Waals surface area contributed by atoms with E-state index in [1.807, 2.05) is 31.2 Å². The first-order valence-corrected chi connectivity index (χ1v) is 6.86. The van der Waals surface area contributed by atoms with Crippen molar-refractivity contribution in [3.63, 3.8) is 0 Å². The summed E-state index contributed by atoms with van der Waals surface area (Å²) in [6.45, 7) is 8.49. The maximum absolute atomic E-state index is 5.87. The van der Waals surface area contributed by atoms with Crippen LogP contribution < -0.4 is 10.5 Å². The Morgan fingerprint density at radius 3 is 2.55 bits per heavy atom. The maximum Gasteiger partial charge on any atom is 0.219 e. The van der Waals surface area contributed by atoms with Gasteiger partial charge < -0.3 is 10.5 Å². The van der Waals surface area contributed by atoms with Crippen LogP contribution in [0.3, 0.4) is 0 Å². The van der Waals surface area contributed by atoms with Gasteiger partial charge in [-0.3, -0.25) is 0 Å². The average Bonchev–Trinajstić information content (AvgIpc) is 2.38. The molecule has 0 unspecified atom stereocenters. The lowest BCUT2D eigenvalue weighted by Gasteiger charge is -2.19. The van der Waals surface area contributed by atoms with E-state index in [1.165, 1.54) is 5.56 Å². The molecule has 20 heavy (non-hydrogen) atoms. The Hall–Kier alpha value is -1.87. The van der Waals surface area contributed by atoms with Crippen molar-refractivity contribution in [3.05, 3.63) is 53.7 Å². The second-order valence-corrected chi connectivity index (χ2v) is 6.10. The van der Waals surface area contributed by atoms with Crippen LogP contribution in [0.2, 0.25) is 0 Å². The average molecular weight is 270 g/mol. The molecule has 3 heteroatoms. The van der Waals surface area contributed by atoms with E-state index in [0.717, 1.165) is 11.3 Å². The monoisotopic (exact) mass is 270 g/mol. The first-order chi connectivity index (χ1) is 9.36. The van der Waals surface area contributed by atoms with Crippen molar-refractivity contribution in [1.82, 2.24) is 4.98 Å².